The van der Waals surface area contributed by atoms with Crippen LogP contribution >= 0.6 is 0 Å². The number of hydrogen-bond donors (Lipinski definition) is 2. The van der Waals surface area contributed by atoms with Crippen LogP contribution in [-0.2, 0) is 11.2 Å². The van der Waals surface area contributed by atoms with E-state index in [2.05, 4.69) is 5.32 Å². The number of nitrogens with two attached hydrogens (primary N) is 1. The fraction of sp³-hybridized carbons (Fsp3) is 0.222. The third-order valence-electron chi connectivity index (χ3n) is 3.49. The highest BCUT2D eigenvalue weighted by molar-refractivity contribution is 5.97. The third kappa shape index (κ3) is 4.57. The van der Waals surface area contributed by atoms with Crippen molar-refractivity contribution in [2.45, 2.75) is 19.8 Å². The smallest absolute Gasteiger partial charge is 0.224 e. The first-order valence-corrected chi connectivity index (χ1v) is 7.33. The standard InChI is InChI=1S/C18H20N2O3/c1-12(21)14-4-3-5-15(11-14)20-18(22)9-7-13-6-8-17(23-2)16(19)10-13/h3-6,8,10-11H,7,9,19H2,1-2H3,(H,20,22). The van der Waals surface area contributed by atoms with Gasteiger partial charge in [-0.25, -0.2) is 0 Å². The lowest BCUT2D eigenvalue weighted by molar-refractivity contribution is -0.116. The Morgan fingerprint density at radius 3 is 2.61 bits per heavy atom. The van der Waals surface area contributed by atoms with Gasteiger partial charge in [-0.2, -0.15) is 0 Å². The van der Waals surface area contributed by atoms with Gasteiger partial charge in [0, 0.05) is 17.7 Å². The highest BCUT2D eigenvalue weighted by Gasteiger charge is 2.07. The quantitative estimate of drug-likeness (QED) is 0.634. The van der Waals surface area contributed by atoms with Gasteiger partial charge in [0.05, 0.1) is 12.8 Å². The van der Waals surface area contributed by atoms with Gasteiger partial charge in [0.15, 0.2) is 5.78 Å². The van der Waals surface area contributed by atoms with Crippen LogP contribution in [-0.4, -0.2) is 18.8 Å². The second-order valence-electron chi connectivity index (χ2n) is 5.26. The van der Waals surface area contributed by atoms with E-state index in [-0.39, 0.29) is 11.7 Å². The van der Waals surface area contributed by atoms with Crippen LogP contribution in [0.1, 0.15) is 29.3 Å². The molecule has 2 rings (SSSR count). The van der Waals surface area contributed by atoms with E-state index in [9.17, 15) is 9.59 Å². The van der Waals surface area contributed by atoms with Gasteiger partial charge in [0.25, 0.3) is 0 Å². The molecule has 3 N–H and O–H groups in total. The number of carbonyl (C=O) groups is 2. The molecule has 1 amide bonds. The maximum Gasteiger partial charge on any atom is 0.224 e. The normalized spacial score (nSPS) is 10.2. The van der Waals surface area contributed by atoms with Gasteiger partial charge < -0.3 is 15.8 Å². The summed E-state index contributed by atoms with van der Waals surface area (Å²) >= 11 is 0. The molecule has 2 aromatic carbocycles. The number of hydrogen-bond acceptors (Lipinski definition) is 4. The van der Waals surface area contributed by atoms with Crippen molar-refractivity contribution in [1.82, 2.24) is 0 Å². The summed E-state index contributed by atoms with van der Waals surface area (Å²) in [6.07, 6.45) is 0.905. The zero-order valence-electron chi connectivity index (χ0n) is 13.3. The summed E-state index contributed by atoms with van der Waals surface area (Å²) in [6.45, 7) is 1.50. The summed E-state index contributed by atoms with van der Waals surface area (Å²) in [5.41, 5.74) is 8.57. The average molecular weight is 312 g/mol. The fourth-order valence-electron chi connectivity index (χ4n) is 2.24. The molecule has 0 aliphatic rings. The van der Waals surface area contributed by atoms with Crippen molar-refractivity contribution in [3.8, 4) is 5.75 Å². The van der Waals surface area contributed by atoms with Crippen molar-refractivity contribution in [1.29, 1.82) is 0 Å². The van der Waals surface area contributed by atoms with Gasteiger partial charge in [0.1, 0.15) is 5.75 Å². The Kier molecular flexibility index (Phi) is 5.36. The first-order valence-electron chi connectivity index (χ1n) is 7.33. The lowest BCUT2D eigenvalue weighted by Gasteiger charge is -2.08. The Morgan fingerprint density at radius 1 is 1.17 bits per heavy atom. The molecule has 5 nitrogen and oxygen atoms in total. The van der Waals surface area contributed by atoms with Crippen molar-refractivity contribution in [3.05, 3.63) is 53.6 Å². The molecule has 0 aliphatic heterocycles. The minimum Gasteiger partial charge on any atom is -0.495 e. The zero-order chi connectivity index (χ0) is 16.8. The molecule has 0 bridgehead atoms. The fourth-order valence-corrected chi connectivity index (χ4v) is 2.24. The number of rotatable bonds is 6. The second kappa shape index (κ2) is 7.45. The number of benzene rings is 2. The molecule has 0 atom stereocenters. The number of aryl methyl sites for hydroxylation is 1. The average Bonchev–Trinajstić information content (AvgIpc) is 2.53. The van der Waals surface area contributed by atoms with E-state index >= 15 is 0 Å². The molecule has 0 saturated carbocycles. The van der Waals surface area contributed by atoms with Gasteiger partial charge in [0.2, 0.25) is 5.91 Å². The Balaban J connectivity index is 1.94. The minimum atomic E-state index is -0.111. The number of nitrogens with one attached hydrogen (secondary N) is 1. The Bertz CT molecular complexity index is 726. The molecular weight excluding hydrogens is 292 g/mol. The maximum absolute atomic E-state index is 12.0. The Morgan fingerprint density at radius 2 is 1.96 bits per heavy atom. The number of anilines is 2. The number of amides is 1. The number of carbonyl (C=O) groups excluding carboxylic acids is 2. The van der Waals surface area contributed by atoms with Crippen molar-refractivity contribution in [2.75, 3.05) is 18.2 Å². The van der Waals surface area contributed by atoms with Crippen LogP contribution in [0.4, 0.5) is 11.4 Å². The van der Waals surface area contributed by atoms with Crippen molar-refractivity contribution in [3.63, 3.8) is 0 Å². The van der Waals surface area contributed by atoms with Crippen LogP contribution in [0.25, 0.3) is 0 Å². The molecule has 0 heterocycles. The van der Waals surface area contributed by atoms with Gasteiger partial charge in [-0.1, -0.05) is 18.2 Å². The Hall–Kier alpha value is -2.82. The molecule has 5 heteroatoms. The lowest BCUT2D eigenvalue weighted by atomic mass is 10.1. The molecule has 2 aromatic rings. The number of methoxy groups -OCH3 is 1. The molecule has 0 saturated heterocycles. The first-order chi connectivity index (χ1) is 11.0. The lowest BCUT2D eigenvalue weighted by Crippen LogP contribution is -2.12. The molecule has 0 unspecified atom stereocenters. The number of ketones is 1. The van der Waals surface area contributed by atoms with E-state index in [4.69, 9.17) is 10.5 Å². The molecule has 0 fully saturated rings. The minimum absolute atomic E-state index is 0.0326. The third-order valence-corrected chi connectivity index (χ3v) is 3.49. The van der Waals surface area contributed by atoms with Crippen LogP contribution in [0, 0.1) is 0 Å². The number of nitrogen functional groups attached to an aromatic ring is 1. The zero-order valence-corrected chi connectivity index (χ0v) is 13.3. The molecule has 0 aliphatic carbocycles. The van der Waals surface area contributed by atoms with E-state index in [0.29, 0.717) is 35.5 Å². The summed E-state index contributed by atoms with van der Waals surface area (Å²) in [5, 5.41) is 2.80. The molecule has 23 heavy (non-hydrogen) atoms. The molecule has 0 aromatic heterocycles. The number of Topliss-reactive ketones (excluding diaryl/α,β-unsaturated/α-hetero) is 1. The topological polar surface area (TPSA) is 81.4 Å². The summed E-state index contributed by atoms with van der Waals surface area (Å²) in [5.74, 6) is 0.481. The summed E-state index contributed by atoms with van der Waals surface area (Å²) in [4.78, 5) is 23.4. The summed E-state index contributed by atoms with van der Waals surface area (Å²) < 4.78 is 5.10. The SMILES string of the molecule is COc1ccc(CCC(=O)Nc2cccc(C(C)=O)c2)cc1N. The van der Waals surface area contributed by atoms with E-state index in [1.807, 2.05) is 12.1 Å². The van der Waals surface area contributed by atoms with Crippen LogP contribution in [0.15, 0.2) is 42.5 Å². The van der Waals surface area contributed by atoms with Crippen molar-refractivity contribution < 1.29 is 14.3 Å². The predicted molar refractivity (Wildman–Crippen MR) is 90.8 cm³/mol. The number of ether oxygens (including phenoxy) is 1. The highest BCUT2D eigenvalue weighted by atomic mass is 16.5. The second-order valence-corrected chi connectivity index (χ2v) is 5.26. The van der Waals surface area contributed by atoms with E-state index < -0.39 is 0 Å². The van der Waals surface area contributed by atoms with E-state index in [1.54, 1.807) is 37.4 Å². The van der Waals surface area contributed by atoms with Crippen molar-refractivity contribution in [2.24, 2.45) is 0 Å². The van der Waals surface area contributed by atoms with Crippen molar-refractivity contribution >= 4 is 23.1 Å². The summed E-state index contributed by atoms with van der Waals surface area (Å²) in [7, 11) is 1.56. The van der Waals surface area contributed by atoms with Gasteiger partial charge in [-0.05, 0) is 43.2 Å². The van der Waals surface area contributed by atoms with Gasteiger partial charge >= 0.3 is 0 Å². The molecule has 0 radical (unpaired) electrons. The monoisotopic (exact) mass is 312 g/mol. The molecule has 120 valence electrons. The first kappa shape index (κ1) is 16.5. The van der Waals surface area contributed by atoms with Gasteiger partial charge in [-0.15, -0.1) is 0 Å². The van der Waals surface area contributed by atoms with Crippen LogP contribution in [0.3, 0.4) is 0 Å². The highest BCUT2D eigenvalue weighted by Crippen LogP contribution is 2.22. The molecular formula is C18H20N2O3. The molecule has 0 spiro atoms. The van der Waals surface area contributed by atoms with Crippen LogP contribution < -0.4 is 15.8 Å². The predicted octanol–water partition coefficient (Wildman–Crippen LogP) is 3.05. The van der Waals surface area contributed by atoms with Crippen LogP contribution in [0.5, 0.6) is 5.75 Å². The van der Waals surface area contributed by atoms with Gasteiger partial charge in [-0.3, -0.25) is 9.59 Å². The van der Waals surface area contributed by atoms with E-state index in [0.717, 1.165) is 5.56 Å². The largest absolute Gasteiger partial charge is 0.495 e. The summed E-state index contributed by atoms with van der Waals surface area (Å²) in [6, 6.07) is 12.4. The Labute approximate surface area is 135 Å². The maximum atomic E-state index is 12.0. The van der Waals surface area contributed by atoms with E-state index in [1.165, 1.54) is 6.92 Å². The van der Waals surface area contributed by atoms with Crippen LogP contribution in [0.2, 0.25) is 0 Å².